The standard InChI is InChI=1S/C14H13FN2O3/c1-20-11-6-7-13(14(8-11)17(18)19)16-9-10-4-2-3-5-12(10)15/h2-8,16H,9H2,1H3. The second-order valence-electron chi connectivity index (χ2n) is 4.09. The molecule has 6 heteroatoms. The van der Waals surface area contributed by atoms with Crippen LogP contribution in [0.2, 0.25) is 0 Å². The van der Waals surface area contributed by atoms with Crippen LogP contribution >= 0.6 is 0 Å². The summed E-state index contributed by atoms with van der Waals surface area (Å²) in [5.74, 6) is 0.0457. The number of nitro groups is 1. The lowest BCUT2D eigenvalue weighted by molar-refractivity contribution is -0.384. The van der Waals surface area contributed by atoms with Gasteiger partial charge in [-0.25, -0.2) is 4.39 Å². The lowest BCUT2D eigenvalue weighted by Gasteiger charge is -2.09. The first-order valence-corrected chi connectivity index (χ1v) is 5.91. The van der Waals surface area contributed by atoms with E-state index in [1.54, 1.807) is 24.3 Å². The van der Waals surface area contributed by atoms with Crippen molar-refractivity contribution in [3.05, 3.63) is 64.0 Å². The number of hydrogen-bond donors (Lipinski definition) is 1. The molecule has 0 fully saturated rings. The highest BCUT2D eigenvalue weighted by Gasteiger charge is 2.15. The van der Waals surface area contributed by atoms with Gasteiger partial charge in [-0.3, -0.25) is 10.1 Å². The highest BCUT2D eigenvalue weighted by Crippen LogP contribution is 2.29. The van der Waals surface area contributed by atoms with E-state index >= 15 is 0 Å². The van der Waals surface area contributed by atoms with Gasteiger partial charge in [0.05, 0.1) is 18.1 Å². The maximum Gasteiger partial charge on any atom is 0.296 e. The van der Waals surface area contributed by atoms with Gasteiger partial charge in [0, 0.05) is 12.1 Å². The molecule has 2 aromatic rings. The number of benzene rings is 2. The predicted octanol–water partition coefficient (Wildman–Crippen LogP) is 3.35. The van der Waals surface area contributed by atoms with Crippen molar-refractivity contribution in [1.29, 1.82) is 0 Å². The number of hydrogen-bond acceptors (Lipinski definition) is 4. The van der Waals surface area contributed by atoms with Gasteiger partial charge in [-0.2, -0.15) is 0 Å². The molecule has 0 aromatic heterocycles. The Balaban J connectivity index is 2.21. The molecule has 0 radical (unpaired) electrons. The first kappa shape index (κ1) is 13.8. The molecule has 0 atom stereocenters. The van der Waals surface area contributed by atoms with Crippen molar-refractivity contribution in [1.82, 2.24) is 0 Å². The van der Waals surface area contributed by atoms with E-state index in [2.05, 4.69) is 5.32 Å². The summed E-state index contributed by atoms with van der Waals surface area (Å²) in [5.41, 5.74) is 0.650. The highest BCUT2D eigenvalue weighted by molar-refractivity contribution is 5.64. The van der Waals surface area contributed by atoms with E-state index in [0.717, 1.165) is 0 Å². The maximum absolute atomic E-state index is 13.5. The van der Waals surface area contributed by atoms with Crippen molar-refractivity contribution >= 4 is 11.4 Å². The molecule has 104 valence electrons. The number of ether oxygens (including phenoxy) is 1. The molecular formula is C14H13FN2O3. The van der Waals surface area contributed by atoms with E-state index in [1.165, 1.54) is 25.3 Å². The summed E-state index contributed by atoms with van der Waals surface area (Å²) in [4.78, 5) is 10.5. The Morgan fingerprint density at radius 3 is 2.70 bits per heavy atom. The fraction of sp³-hybridized carbons (Fsp3) is 0.143. The van der Waals surface area contributed by atoms with Crippen LogP contribution in [0.3, 0.4) is 0 Å². The van der Waals surface area contributed by atoms with E-state index in [-0.39, 0.29) is 18.0 Å². The van der Waals surface area contributed by atoms with Crippen LogP contribution in [0.5, 0.6) is 5.75 Å². The minimum absolute atomic E-state index is 0.110. The molecule has 2 aromatic carbocycles. The highest BCUT2D eigenvalue weighted by atomic mass is 19.1. The number of nitrogens with one attached hydrogen (secondary N) is 1. The van der Waals surface area contributed by atoms with Crippen molar-refractivity contribution in [2.75, 3.05) is 12.4 Å². The fourth-order valence-electron chi connectivity index (χ4n) is 1.77. The molecule has 1 N–H and O–H groups in total. The van der Waals surface area contributed by atoms with Crippen molar-refractivity contribution in [2.24, 2.45) is 0 Å². The van der Waals surface area contributed by atoms with Crippen molar-refractivity contribution < 1.29 is 14.1 Å². The van der Waals surface area contributed by atoms with Crippen molar-refractivity contribution in [3.8, 4) is 5.75 Å². The molecule has 20 heavy (non-hydrogen) atoms. The van der Waals surface area contributed by atoms with E-state index in [9.17, 15) is 14.5 Å². The number of nitro benzene ring substituents is 1. The molecule has 0 bridgehead atoms. The second kappa shape index (κ2) is 6.01. The molecule has 0 saturated carbocycles. The van der Waals surface area contributed by atoms with Gasteiger partial charge in [-0.05, 0) is 18.2 Å². The quantitative estimate of drug-likeness (QED) is 0.671. The third kappa shape index (κ3) is 3.03. The average Bonchev–Trinajstić information content (AvgIpc) is 2.46. The monoisotopic (exact) mass is 276 g/mol. The number of nitrogens with zero attached hydrogens (tertiary/aromatic N) is 1. The SMILES string of the molecule is COc1ccc(NCc2ccccc2F)c([N+](=O)[O-])c1. The van der Waals surface area contributed by atoms with E-state index < -0.39 is 4.92 Å². The van der Waals surface area contributed by atoms with Gasteiger partial charge >= 0.3 is 0 Å². The predicted molar refractivity (Wildman–Crippen MR) is 73.4 cm³/mol. The van der Waals surface area contributed by atoms with Crippen molar-refractivity contribution in [3.63, 3.8) is 0 Å². The minimum atomic E-state index is -0.508. The summed E-state index contributed by atoms with van der Waals surface area (Å²) in [7, 11) is 1.44. The van der Waals surface area contributed by atoms with Gasteiger partial charge in [0.2, 0.25) is 0 Å². The first-order valence-electron chi connectivity index (χ1n) is 5.91. The summed E-state index contributed by atoms with van der Waals surface area (Å²) in [6.07, 6.45) is 0. The first-order chi connectivity index (χ1) is 9.61. The Bertz CT molecular complexity index is 632. The normalized spacial score (nSPS) is 10.1. The Morgan fingerprint density at radius 2 is 2.05 bits per heavy atom. The number of anilines is 1. The molecule has 0 aliphatic rings. The molecule has 0 unspecified atom stereocenters. The van der Waals surface area contributed by atoms with E-state index in [4.69, 9.17) is 4.74 Å². The zero-order valence-electron chi connectivity index (χ0n) is 10.8. The average molecular weight is 276 g/mol. The molecule has 0 amide bonds. The molecule has 5 nitrogen and oxygen atoms in total. The van der Waals surface area contributed by atoms with Crippen LogP contribution in [0, 0.1) is 15.9 Å². The van der Waals surface area contributed by atoms with Crippen LogP contribution in [0.4, 0.5) is 15.8 Å². The molecule has 0 aliphatic carbocycles. The molecule has 0 heterocycles. The molecule has 0 spiro atoms. The van der Waals surface area contributed by atoms with Crippen LogP contribution in [-0.2, 0) is 6.54 Å². The van der Waals surface area contributed by atoms with Crippen LogP contribution in [0.1, 0.15) is 5.56 Å². The lowest BCUT2D eigenvalue weighted by Crippen LogP contribution is -2.04. The van der Waals surface area contributed by atoms with E-state index in [1.807, 2.05) is 0 Å². The van der Waals surface area contributed by atoms with Gasteiger partial charge in [0.15, 0.2) is 0 Å². The number of methoxy groups -OCH3 is 1. The summed E-state index contributed by atoms with van der Waals surface area (Å²) in [6, 6.07) is 10.7. The van der Waals surface area contributed by atoms with E-state index in [0.29, 0.717) is 17.0 Å². The van der Waals surface area contributed by atoms with Crippen LogP contribution < -0.4 is 10.1 Å². The third-order valence-corrected chi connectivity index (χ3v) is 2.83. The summed E-state index contributed by atoms with van der Waals surface area (Å²) in [5, 5.41) is 13.9. The molecule has 0 aliphatic heterocycles. The fourth-order valence-corrected chi connectivity index (χ4v) is 1.77. The van der Waals surface area contributed by atoms with Crippen LogP contribution in [0.15, 0.2) is 42.5 Å². The van der Waals surface area contributed by atoms with Gasteiger partial charge in [-0.15, -0.1) is 0 Å². The maximum atomic E-state index is 13.5. The third-order valence-electron chi connectivity index (χ3n) is 2.83. The van der Waals surface area contributed by atoms with Crippen LogP contribution in [-0.4, -0.2) is 12.0 Å². The Kier molecular flexibility index (Phi) is 4.14. The van der Waals surface area contributed by atoms with Gasteiger partial charge in [0.1, 0.15) is 17.3 Å². The van der Waals surface area contributed by atoms with Gasteiger partial charge in [0.25, 0.3) is 5.69 Å². The summed E-state index contributed by atoms with van der Waals surface area (Å²) >= 11 is 0. The Hall–Kier alpha value is -2.63. The molecule has 0 saturated heterocycles. The summed E-state index contributed by atoms with van der Waals surface area (Å²) in [6.45, 7) is 0.167. The smallest absolute Gasteiger partial charge is 0.296 e. The number of halogens is 1. The van der Waals surface area contributed by atoms with Gasteiger partial charge in [-0.1, -0.05) is 18.2 Å². The topological polar surface area (TPSA) is 64.4 Å². The lowest BCUT2D eigenvalue weighted by atomic mass is 10.2. The van der Waals surface area contributed by atoms with Crippen molar-refractivity contribution in [2.45, 2.75) is 6.54 Å². The largest absolute Gasteiger partial charge is 0.496 e. The second-order valence-corrected chi connectivity index (χ2v) is 4.09. The number of rotatable bonds is 5. The zero-order chi connectivity index (χ0) is 14.5. The summed E-state index contributed by atoms with van der Waals surface area (Å²) < 4.78 is 18.4. The Labute approximate surface area is 115 Å². The van der Waals surface area contributed by atoms with Gasteiger partial charge < -0.3 is 10.1 Å². The Morgan fingerprint density at radius 1 is 1.30 bits per heavy atom. The van der Waals surface area contributed by atoms with Crippen LogP contribution in [0.25, 0.3) is 0 Å². The minimum Gasteiger partial charge on any atom is -0.496 e. The zero-order valence-corrected chi connectivity index (χ0v) is 10.8. The molecule has 2 rings (SSSR count). The molecular weight excluding hydrogens is 263 g/mol.